The molecular weight excluding hydrogens is 655 g/mol. The average Bonchev–Trinajstić information content (AvgIpc) is 3.23. The lowest BCUT2D eigenvalue weighted by atomic mass is 9.33. The lowest BCUT2D eigenvalue weighted by Gasteiger charge is -2.45. The molecule has 2 aliphatic heterocycles. The number of benzene rings is 8. The van der Waals surface area contributed by atoms with Crippen LogP contribution in [0.1, 0.15) is 5.56 Å². The van der Waals surface area contributed by atoms with Crippen LogP contribution in [0.25, 0.3) is 0 Å². The van der Waals surface area contributed by atoms with E-state index in [2.05, 4.69) is 223 Å². The molecule has 8 aromatic rings. The van der Waals surface area contributed by atoms with E-state index in [1.807, 2.05) is 0 Å². The van der Waals surface area contributed by atoms with Crippen molar-refractivity contribution in [2.45, 2.75) is 6.92 Å². The highest BCUT2D eigenvalue weighted by atomic mass is 28.3. The molecular formula is C49H37BN2Si. The lowest BCUT2D eigenvalue weighted by molar-refractivity contribution is 1.24. The lowest BCUT2D eigenvalue weighted by Crippen LogP contribution is -2.75. The Balaban J connectivity index is 1.32. The predicted octanol–water partition coefficient (Wildman–Crippen LogP) is 7.46. The molecule has 0 aliphatic carbocycles. The number of nitrogens with zero attached hydrogens (tertiary/aromatic N) is 2. The summed E-state index contributed by atoms with van der Waals surface area (Å²) in [5.74, 6) is 0. The maximum absolute atomic E-state index is 2.79. The molecule has 0 saturated heterocycles. The first kappa shape index (κ1) is 31.4. The van der Waals surface area contributed by atoms with Crippen molar-refractivity contribution >= 4 is 86.0 Å². The molecule has 2 nitrogen and oxygen atoms in total. The summed E-state index contributed by atoms with van der Waals surface area (Å²) < 4.78 is 0. The Morgan fingerprint density at radius 1 is 0.358 bits per heavy atom. The van der Waals surface area contributed by atoms with Crippen molar-refractivity contribution in [3.63, 3.8) is 0 Å². The second kappa shape index (κ2) is 12.7. The van der Waals surface area contributed by atoms with Gasteiger partial charge in [0.1, 0.15) is 0 Å². The molecule has 53 heavy (non-hydrogen) atoms. The summed E-state index contributed by atoms with van der Waals surface area (Å²) in [6.07, 6.45) is 0. The van der Waals surface area contributed by atoms with Crippen LogP contribution in [0.4, 0.5) is 34.1 Å². The monoisotopic (exact) mass is 692 g/mol. The zero-order valence-corrected chi connectivity index (χ0v) is 30.6. The Kier molecular flexibility index (Phi) is 7.52. The molecule has 0 bridgehead atoms. The van der Waals surface area contributed by atoms with Gasteiger partial charge in [-0.25, -0.2) is 0 Å². The minimum atomic E-state index is -2.79. The van der Waals surface area contributed by atoms with Crippen LogP contribution in [-0.4, -0.2) is 14.8 Å². The smallest absolute Gasteiger partial charge is 0.252 e. The molecule has 250 valence electrons. The van der Waals surface area contributed by atoms with Gasteiger partial charge in [-0.15, -0.1) is 0 Å². The molecule has 0 amide bonds. The molecule has 4 heteroatoms. The van der Waals surface area contributed by atoms with Crippen LogP contribution in [-0.2, 0) is 0 Å². The van der Waals surface area contributed by atoms with Crippen molar-refractivity contribution in [3.8, 4) is 0 Å². The van der Waals surface area contributed by atoms with Crippen molar-refractivity contribution in [3.05, 3.63) is 212 Å². The second-order valence-electron chi connectivity index (χ2n) is 14.2. The van der Waals surface area contributed by atoms with Gasteiger partial charge in [0, 0.05) is 34.1 Å². The molecule has 0 saturated carbocycles. The number of hydrogen-bond acceptors (Lipinski definition) is 2. The number of hydrogen-bond donors (Lipinski definition) is 0. The zero-order chi connectivity index (χ0) is 35.4. The van der Waals surface area contributed by atoms with Gasteiger partial charge in [0.05, 0.1) is 0 Å². The van der Waals surface area contributed by atoms with E-state index in [0.29, 0.717) is 0 Å². The minimum absolute atomic E-state index is 0.0423. The first-order valence-electron chi connectivity index (χ1n) is 18.5. The van der Waals surface area contributed by atoms with E-state index in [9.17, 15) is 0 Å². The van der Waals surface area contributed by atoms with Crippen molar-refractivity contribution in [1.29, 1.82) is 0 Å². The number of aryl methyl sites for hydroxylation is 1. The van der Waals surface area contributed by atoms with E-state index < -0.39 is 8.07 Å². The molecule has 2 aliphatic rings. The van der Waals surface area contributed by atoms with Gasteiger partial charge in [0.2, 0.25) is 0 Å². The van der Waals surface area contributed by atoms with Gasteiger partial charge in [0.25, 0.3) is 6.71 Å². The molecule has 0 atom stereocenters. The third-order valence-corrected chi connectivity index (χ3v) is 16.0. The quantitative estimate of drug-likeness (QED) is 0.132. The van der Waals surface area contributed by atoms with E-state index in [1.165, 1.54) is 71.1 Å². The third kappa shape index (κ3) is 4.87. The highest BCUT2D eigenvalue weighted by molar-refractivity contribution is 7.20. The van der Waals surface area contributed by atoms with E-state index in [0.717, 1.165) is 5.69 Å². The van der Waals surface area contributed by atoms with Crippen LogP contribution in [0.5, 0.6) is 0 Å². The van der Waals surface area contributed by atoms with Gasteiger partial charge in [-0.05, 0) is 98.2 Å². The van der Waals surface area contributed by atoms with E-state index in [4.69, 9.17) is 0 Å². The molecule has 0 fully saturated rings. The molecule has 0 N–H and O–H groups in total. The summed E-state index contributed by atoms with van der Waals surface area (Å²) >= 11 is 0. The van der Waals surface area contributed by atoms with Crippen LogP contribution in [0.3, 0.4) is 0 Å². The maximum Gasteiger partial charge on any atom is 0.252 e. The van der Waals surface area contributed by atoms with Gasteiger partial charge in [-0.3, -0.25) is 0 Å². The first-order chi connectivity index (χ1) is 26.2. The molecule has 0 unspecified atom stereocenters. The molecule has 0 radical (unpaired) electrons. The first-order valence-corrected chi connectivity index (χ1v) is 20.5. The fraction of sp³-hybridized carbons (Fsp3) is 0.0204. The largest absolute Gasteiger partial charge is 0.311 e. The number of fused-ring (bicyclic) bond motifs is 4. The van der Waals surface area contributed by atoms with Gasteiger partial charge in [0.15, 0.2) is 8.07 Å². The molecule has 8 aromatic carbocycles. The molecule has 0 spiro atoms. The molecule has 10 rings (SSSR count). The second-order valence-corrected chi connectivity index (χ2v) is 18.0. The van der Waals surface area contributed by atoms with Crippen molar-refractivity contribution in [2.24, 2.45) is 0 Å². The third-order valence-electron chi connectivity index (χ3n) is 11.2. The van der Waals surface area contributed by atoms with E-state index in [1.54, 1.807) is 0 Å². The highest BCUT2D eigenvalue weighted by Crippen LogP contribution is 2.44. The number of anilines is 6. The summed E-state index contributed by atoms with van der Waals surface area (Å²) in [6, 6.07) is 76.8. The number of rotatable bonds is 6. The predicted molar refractivity (Wildman–Crippen MR) is 229 cm³/mol. The molecule has 2 heterocycles. The SMILES string of the molecule is Cc1cc2c3c(c1)N(c1ccccc1)c1ccc([Si](c4ccccc4)(c4ccccc4)c4ccccc4)cc1B3c1ccccc1N2c1ccccc1. The van der Waals surface area contributed by atoms with Gasteiger partial charge in [-0.1, -0.05) is 158 Å². The van der Waals surface area contributed by atoms with E-state index >= 15 is 0 Å². The van der Waals surface area contributed by atoms with Crippen molar-refractivity contribution in [1.82, 2.24) is 0 Å². The summed E-state index contributed by atoms with van der Waals surface area (Å²) in [5, 5.41) is 5.52. The summed E-state index contributed by atoms with van der Waals surface area (Å²) in [5.41, 5.74) is 12.5. The Labute approximate surface area is 313 Å². The fourth-order valence-corrected chi connectivity index (χ4v) is 13.9. The Morgan fingerprint density at radius 2 is 0.774 bits per heavy atom. The maximum atomic E-state index is 2.59. The topological polar surface area (TPSA) is 6.48 Å². The van der Waals surface area contributed by atoms with Crippen LogP contribution in [0.15, 0.2) is 206 Å². The van der Waals surface area contributed by atoms with Gasteiger partial charge < -0.3 is 9.80 Å². The fourth-order valence-electron chi connectivity index (χ4n) is 9.10. The Morgan fingerprint density at radius 3 is 1.26 bits per heavy atom. The average molecular weight is 693 g/mol. The summed E-state index contributed by atoms with van der Waals surface area (Å²) in [6.45, 7) is 2.28. The van der Waals surface area contributed by atoms with Gasteiger partial charge in [-0.2, -0.15) is 0 Å². The number of para-hydroxylation sites is 3. The molecule has 0 aromatic heterocycles. The van der Waals surface area contributed by atoms with Crippen LogP contribution in [0, 0.1) is 6.92 Å². The Bertz CT molecular complexity index is 2460. The van der Waals surface area contributed by atoms with Crippen molar-refractivity contribution in [2.75, 3.05) is 9.80 Å². The van der Waals surface area contributed by atoms with Crippen LogP contribution < -0.4 is 46.9 Å². The van der Waals surface area contributed by atoms with Crippen LogP contribution >= 0.6 is 0 Å². The zero-order valence-electron chi connectivity index (χ0n) is 29.6. The van der Waals surface area contributed by atoms with Crippen molar-refractivity contribution < 1.29 is 0 Å². The van der Waals surface area contributed by atoms with Crippen LogP contribution in [0.2, 0.25) is 0 Å². The standard InChI is InChI=1S/C49H37BN2Si/c1-36-33-47-49-48(34-36)52(38-21-9-3-10-22-38)46-32-31-42(35-44(46)50(49)43-29-17-18-30-45(43)51(47)37-19-7-2-8-20-37)53(39-23-11-4-12-24-39,40-25-13-5-14-26-40)41-27-15-6-16-28-41/h2-35H,1H3. The Hall–Kier alpha value is -6.36. The highest BCUT2D eigenvalue weighted by Gasteiger charge is 2.46. The minimum Gasteiger partial charge on any atom is -0.311 e. The van der Waals surface area contributed by atoms with Gasteiger partial charge >= 0.3 is 0 Å². The van der Waals surface area contributed by atoms with E-state index in [-0.39, 0.29) is 6.71 Å². The summed E-state index contributed by atoms with van der Waals surface area (Å²) in [7, 11) is -2.79. The summed E-state index contributed by atoms with van der Waals surface area (Å²) in [4.78, 5) is 4.99. The normalized spacial score (nSPS) is 12.9.